The fourth-order valence-corrected chi connectivity index (χ4v) is 2.12. The van der Waals surface area contributed by atoms with Gasteiger partial charge < -0.3 is 10.3 Å². The van der Waals surface area contributed by atoms with Gasteiger partial charge in [-0.05, 0) is 38.7 Å². The molecule has 21 heavy (non-hydrogen) atoms. The largest absolute Gasteiger partial charge is 0.343 e. The van der Waals surface area contributed by atoms with Gasteiger partial charge in [-0.3, -0.25) is 0 Å². The van der Waals surface area contributed by atoms with E-state index in [9.17, 15) is 0 Å². The van der Waals surface area contributed by atoms with Gasteiger partial charge in [0.25, 0.3) is 0 Å². The zero-order valence-corrected chi connectivity index (χ0v) is 14.9. The van der Waals surface area contributed by atoms with E-state index in [1.165, 1.54) is 18.5 Å². The summed E-state index contributed by atoms with van der Waals surface area (Å²) in [5.74, 6) is 1.47. The van der Waals surface area contributed by atoms with Crippen molar-refractivity contribution in [1.29, 1.82) is 0 Å². The van der Waals surface area contributed by atoms with Gasteiger partial charge in [-0.2, -0.15) is 0 Å². The van der Waals surface area contributed by atoms with Gasteiger partial charge in [-0.1, -0.05) is 54.2 Å². The van der Waals surface area contributed by atoms with E-state index in [4.69, 9.17) is 0 Å². The topological polar surface area (TPSA) is 40.2 Å². The Balaban J connectivity index is 0. The molecular formula is C18H35N3. The van der Waals surface area contributed by atoms with Crippen LogP contribution in [-0.4, -0.2) is 24.8 Å². The lowest BCUT2D eigenvalue weighted by molar-refractivity contribution is 0.454. The average molecular weight is 293 g/mol. The molecular weight excluding hydrogens is 258 g/mol. The molecule has 122 valence electrons. The van der Waals surface area contributed by atoms with E-state index in [1.54, 1.807) is 0 Å². The predicted octanol–water partition coefficient (Wildman–Crippen LogP) is 5.54. The molecule has 1 aliphatic heterocycles. The normalized spacial score (nSPS) is 13.4. The first-order valence-corrected chi connectivity index (χ1v) is 8.38. The quantitative estimate of drug-likeness (QED) is 0.706. The van der Waals surface area contributed by atoms with Crippen LogP contribution in [0.3, 0.4) is 0 Å². The third kappa shape index (κ3) is 7.28. The predicted molar refractivity (Wildman–Crippen MR) is 99.0 cm³/mol. The summed E-state index contributed by atoms with van der Waals surface area (Å²) in [6.07, 6.45) is 4.20. The van der Waals surface area contributed by atoms with Crippen LogP contribution in [0.4, 0.5) is 5.82 Å². The highest BCUT2D eigenvalue weighted by molar-refractivity contribution is 5.63. The monoisotopic (exact) mass is 293 g/mol. The lowest BCUT2D eigenvalue weighted by Gasteiger charge is -2.21. The number of hydrogen-bond acceptors (Lipinski definition) is 2. The lowest BCUT2D eigenvalue weighted by atomic mass is 9.94. The molecule has 0 spiro atoms. The highest BCUT2D eigenvalue weighted by atomic mass is 14.9. The van der Waals surface area contributed by atoms with Crippen LogP contribution < -0.4 is 5.32 Å². The third-order valence-corrected chi connectivity index (χ3v) is 3.00. The molecule has 1 saturated heterocycles. The number of H-pyrrole nitrogens is 1. The smallest absolute Gasteiger partial charge is 0.136 e. The maximum atomic E-state index is 3.96. The summed E-state index contributed by atoms with van der Waals surface area (Å²) in [7, 11) is 0. The molecule has 3 nitrogen and oxygen atoms in total. The number of nitrogens with one attached hydrogen (secondary N) is 2. The Morgan fingerprint density at radius 2 is 1.62 bits per heavy atom. The van der Waals surface area contributed by atoms with E-state index in [0.717, 1.165) is 24.5 Å². The molecule has 0 amide bonds. The van der Waals surface area contributed by atoms with Gasteiger partial charge in [0.1, 0.15) is 5.82 Å². The molecule has 2 heterocycles. The van der Waals surface area contributed by atoms with Crippen LogP contribution in [0, 0.1) is 0 Å². The molecule has 1 aromatic heterocycles. The molecule has 0 atom stereocenters. The van der Waals surface area contributed by atoms with E-state index in [1.807, 2.05) is 47.6 Å². The molecule has 0 unspecified atom stereocenters. The molecule has 3 heteroatoms. The first-order chi connectivity index (χ1) is 10.3. The van der Waals surface area contributed by atoms with Crippen LogP contribution >= 0.6 is 0 Å². The summed E-state index contributed by atoms with van der Waals surface area (Å²) in [6, 6.07) is 2.15. The second-order valence-electron chi connectivity index (χ2n) is 3.92. The van der Waals surface area contributed by atoms with Crippen molar-refractivity contribution in [3.05, 3.63) is 23.9 Å². The van der Waals surface area contributed by atoms with E-state index >= 15 is 0 Å². The first-order valence-electron chi connectivity index (χ1n) is 8.38. The Bertz CT molecular complexity index is 335. The number of aromatic nitrogens is 1. The van der Waals surface area contributed by atoms with Crippen molar-refractivity contribution in [2.75, 3.05) is 13.1 Å². The summed E-state index contributed by atoms with van der Waals surface area (Å²) in [4.78, 5) is 7.29. The third-order valence-electron chi connectivity index (χ3n) is 3.00. The van der Waals surface area contributed by atoms with E-state index < -0.39 is 0 Å². The van der Waals surface area contributed by atoms with Gasteiger partial charge >= 0.3 is 0 Å². The van der Waals surface area contributed by atoms with Crippen molar-refractivity contribution < 1.29 is 0 Å². The zero-order chi connectivity index (χ0) is 16.7. The van der Waals surface area contributed by atoms with Crippen LogP contribution in [0.15, 0.2) is 17.6 Å². The Labute approximate surface area is 132 Å². The molecule has 2 rings (SSSR count). The second kappa shape index (κ2) is 15.0. The number of aliphatic imine (C=N–C) groups is 1. The summed E-state index contributed by atoms with van der Waals surface area (Å²) in [5.41, 5.74) is 2.33. The average Bonchev–Trinajstić information content (AvgIpc) is 3.04. The van der Waals surface area contributed by atoms with Gasteiger partial charge in [0.2, 0.25) is 0 Å². The molecule has 0 aromatic carbocycles. The van der Waals surface area contributed by atoms with Crippen molar-refractivity contribution in [1.82, 2.24) is 10.3 Å². The van der Waals surface area contributed by atoms with Crippen molar-refractivity contribution in [2.45, 2.75) is 60.3 Å². The number of piperidine rings is 1. The zero-order valence-electron chi connectivity index (χ0n) is 14.9. The standard InChI is InChI=1S/C12H17N3.3C2H6/c1-3-9-8-11(15-12(9)13-2)10-4-6-14-7-5-10;3*1-2/h3,8,10,14-15H,1-2,4-7H2;3*1-2H3. The van der Waals surface area contributed by atoms with E-state index in [0.29, 0.717) is 5.92 Å². The van der Waals surface area contributed by atoms with Gasteiger partial charge in [0, 0.05) is 17.2 Å². The van der Waals surface area contributed by atoms with Crippen molar-refractivity contribution in [2.24, 2.45) is 4.99 Å². The molecule has 2 N–H and O–H groups in total. The Morgan fingerprint density at radius 3 is 2.00 bits per heavy atom. The highest BCUT2D eigenvalue weighted by Crippen LogP contribution is 2.29. The molecule has 0 bridgehead atoms. The molecule has 1 aliphatic rings. The maximum Gasteiger partial charge on any atom is 0.136 e. The Morgan fingerprint density at radius 1 is 1.10 bits per heavy atom. The van der Waals surface area contributed by atoms with Gasteiger partial charge in [0.05, 0.1) is 0 Å². The highest BCUT2D eigenvalue weighted by Gasteiger charge is 2.17. The summed E-state index contributed by atoms with van der Waals surface area (Å²) >= 11 is 0. The number of hydrogen-bond donors (Lipinski definition) is 2. The van der Waals surface area contributed by atoms with Crippen molar-refractivity contribution in [3.63, 3.8) is 0 Å². The van der Waals surface area contributed by atoms with Crippen LogP contribution in [0.1, 0.15) is 71.6 Å². The fourth-order valence-electron chi connectivity index (χ4n) is 2.12. The van der Waals surface area contributed by atoms with E-state index in [2.05, 4.69) is 34.7 Å². The molecule has 1 aromatic rings. The molecule has 1 fully saturated rings. The summed E-state index contributed by atoms with van der Waals surface area (Å²) in [6.45, 7) is 21.5. The second-order valence-corrected chi connectivity index (χ2v) is 3.92. The lowest BCUT2D eigenvalue weighted by Crippen LogP contribution is -2.26. The minimum atomic E-state index is 0.625. The van der Waals surface area contributed by atoms with Gasteiger partial charge in [-0.25, -0.2) is 4.99 Å². The fraction of sp³-hybridized carbons (Fsp3) is 0.611. The molecule has 0 saturated carbocycles. The minimum Gasteiger partial charge on any atom is -0.343 e. The van der Waals surface area contributed by atoms with Crippen LogP contribution in [0.5, 0.6) is 0 Å². The summed E-state index contributed by atoms with van der Waals surface area (Å²) < 4.78 is 0. The van der Waals surface area contributed by atoms with Gasteiger partial charge in [0.15, 0.2) is 0 Å². The maximum absolute atomic E-state index is 3.96. The molecule has 0 radical (unpaired) electrons. The minimum absolute atomic E-state index is 0.625. The Hall–Kier alpha value is -1.35. The number of aromatic amines is 1. The summed E-state index contributed by atoms with van der Waals surface area (Å²) in [5, 5.41) is 3.36. The van der Waals surface area contributed by atoms with E-state index in [-0.39, 0.29) is 0 Å². The SMILES string of the molecule is C=Cc1cc(C2CCNCC2)[nH]c1N=C.CC.CC.CC. The number of rotatable bonds is 3. The van der Waals surface area contributed by atoms with Crippen molar-refractivity contribution >= 4 is 18.6 Å². The van der Waals surface area contributed by atoms with Crippen molar-refractivity contribution in [3.8, 4) is 0 Å². The molecule has 0 aliphatic carbocycles. The van der Waals surface area contributed by atoms with Crippen LogP contribution in [0.25, 0.3) is 6.08 Å². The number of nitrogens with zero attached hydrogens (tertiary/aromatic N) is 1. The Kier molecular flexibility index (Phi) is 15.7. The first kappa shape index (κ1) is 21.9. The van der Waals surface area contributed by atoms with Gasteiger partial charge in [-0.15, -0.1) is 0 Å². The van der Waals surface area contributed by atoms with Crippen LogP contribution in [0.2, 0.25) is 0 Å². The van der Waals surface area contributed by atoms with Crippen LogP contribution in [-0.2, 0) is 0 Å².